The average Bonchev–Trinajstić information content (AvgIpc) is 2.45. The van der Waals surface area contributed by atoms with Crippen molar-refractivity contribution in [2.45, 2.75) is 51.5 Å². The van der Waals surface area contributed by atoms with E-state index < -0.39 is 0 Å². The van der Waals surface area contributed by atoms with Crippen molar-refractivity contribution in [2.24, 2.45) is 0 Å². The van der Waals surface area contributed by atoms with Gasteiger partial charge in [0.25, 0.3) is 0 Å². The summed E-state index contributed by atoms with van der Waals surface area (Å²) >= 11 is 0. The second-order valence-corrected chi connectivity index (χ2v) is 7.29. The molecule has 3 rings (SSSR count). The summed E-state index contributed by atoms with van der Waals surface area (Å²) in [5, 5.41) is 3.45. The van der Waals surface area contributed by atoms with Gasteiger partial charge in [-0.2, -0.15) is 0 Å². The molecule has 128 valence electrons. The molecule has 1 atom stereocenters. The Morgan fingerprint density at radius 1 is 1.22 bits per heavy atom. The van der Waals surface area contributed by atoms with E-state index in [0.717, 1.165) is 24.6 Å². The summed E-state index contributed by atoms with van der Waals surface area (Å²) in [7, 11) is 2.21. The van der Waals surface area contributed by atoms with Gasteiger partial charge in [-0.15, -0.1) is 0 Å². The number of nitrogens with one attached hydrogen (secondary N) is 1. The standard InChI is InChI=1S/C18H31N5/c1-14-13-17(16-5-4-6-16)21-18(20-14)19-8-7-15(2)23-11-9-22(3)10-12-23/h13,15-16H,4-12H2,1-3H3,(H,19,20,21)/t15-/m1/s1. The molecule has 1 N–H and O–H groups in total. The fourth-order valence-electron chi connectivity index (χ4n) is 3.42. The van der Waals surface area contributed by atoms with Crippen LogP contribution in [0.5, 0.6) is 0 Å². The molecule has 1 aliphatic carbocycles. The summed E-state index contributed by atoms with van der Waals surface area (Å²) in [6.07, 6.45) is 5.06. The maximum absolute atomic E-state index is 4.73. The van der Waals surface area contributed by atoms with Crippen LogP contribution >= 0.6 is 0 Å². The Hall–Kier alpha value is -1.20. The Morgan fingerprint density at radius 3 is 2.61 bits per heavy atom. The van der Waals surface area contributed by atoms with E-state index in [9.17, 15) is 0 Å². The summed E-state index contributed by atoms with van der Waals surface area (Å²) in [5.74, 6) is 1.49. The van der Waals surface area contributed by atoms with Crippen molar-refractivity contribution in [3.05, 3.63) is 17.5 Å². The third-order valence-corrected chi connectivity index (χ3v) is 5.40. The maximum Gasteiger partial charge on any atom is 0.223 e. The van der Waals surface area contributed by atoms with Crippen molar-refractivity contribution in [2.75, 3.05) is 45.1 Å². The molecule has 0 amide bonds. The molecule has 0 unspecified atom stereocenters. The van der Waals surface area contributed by atoms with E-state index in [1.54, 1.807) is 0 Å². The van der Waals surface area contributed by atoms with Crippen LogP contribution in [0.15, 0.2) is 6.07 Å². The molecule has 1 aliphatic heterocycles. The molecule has 1 saturated heterocycles. The van der Waals surface area contributed by atoms with Crippen LogP contribution in [0.2, 0.25) is 0 Å². The molecule has 1 aromatic rings. The molecular formula is C18H31N5. The SMILES string of the molecule is Cc1cc(C2CCC2)nc(NCC[C@@H](C)N2CCN(C)CC2)n1. The molecule has 0 bridgehead atoms. The number of hydrogen-bond donors (Lipinski definition) is 1. The largest absolute Gasteiger partial charge is 0.354 e. The number of hydrogen-bond acceptors (Lipinski definition) is 5. The van der Waals surface area contributed by atoms with Gasteiger partial charge in [0.15, 0.2) is 0 Å². The molecule has 2 heterocycles. The van der Waals surface area contributed by atoms with Crippen molar-refractivity contribution >= 4 is 5.95 Å². The lowest BCUT2D eigenvalue weighted by molar-refractivity contribution is 0.116. The van der Waals surface area contributed by atoms with Crippen LogP contribution in [0, 0.1) is 6.92 Å². The summed E-state index contributed by atoms with van der Waals surface area (Å²) < 4.78 is 0. The highest BCUT2D eigenvalue weighted by atomic mass is 15.3. The van der Waals surface area contributed by atoms with Crippen molar-refractivity contribution in [3.8, 4) is 0 Å². The zero-order valence-corrected chi connectivity index (χ0v) is 14.9. The van der Waals surface area contributed by atoms with Gasteiger partial charge in [-0.05, 0) is 46.2 Å². The van der Waals surface area contributed by atoms with Crippen LogP contribution in [0.3, 0.4) is 0 Å². The smallest absolute Gasteiger partial charge is 0.223 e. The average molecular weight is 317 g/mol. The first-order chi connectivity index (χ1) is 11.1. The molecule has 5 heteroatoms. The minimum atomic E-state index is 0.618. The summed E-state index contributed by atoms with van der Waals surface area (Å²) in [5.41, 5.74) is 2.31. The summed E-state index contributed by atoms with van der Waals surface area (Å²) in [6.45, 7) is 10.1. The topological polar surface area (TPSA) is 44.3 Å². The normalized spacial score (nSPS) is 21.9. The van der Waals surface area contributed by atoms with E-state index in [4.69, 9.17) is 4.98 Å². The quantitative estimate of drug-likeness (QED) is 0.873. The Bertz CT molecular complexity index is 506. The van der Waals surface area contributed by atoms with E-state index in [1.807, 2.05) is 0 Å². The first kappa shape index (κ1) is 16.7. The maximum atomic E-state index is 4.73. The fraction of sp³-hybridized carbons (Fsp3) is 0.778. The molecule has 0 aromatic carbocycles. The zero-order chi connectivity index (χ0) is 16.2. The number of rotatable bonds is 6. The van der Waals surface area contributed by atoms with Gasteiger partial charge in [-0.3, -0.25) is 4.90 Å². The summed E-state index contributed by atoms with van der Waals surface area (Å²) in [4.78, 5) is 14.3. The lowest BCUT2D eigenvalue weighted by atomic mass is 9.83. The molecule has 5 nitrogen and oxygen atoms in total. The van der Waals surface area contributed by atoms with E-state index in [-0.39, 0.29) is 0 Å². The Labute approximate surface area is 140 Å². The third-order valence-electron chi connectivity index (χ3n) is 5.40. The van der Waals surface area contributed by atoms with E-state index in [0.29, 0.717) is 12.0 Å². The van der Waals surface area contributed by atoms with Crippen molar-refractivity contribution in [1.82, 2.24) is 19.8 Å². The van der Waals surface area contributed by atoms with Crippen LogP contribution in [0.4, 0.5) is 5.95 Å². The van der Waals surface area contributed by atoms with Gasteiger partial charge in [0.05, 0.1) is 0 Å². The second kappa shape index (κ2) is 7.58. The highest BCUT2D eigenvalue weighted by Gasteiger charge is 2.22. The highest BCUT2D eigenvalue weighted by Crippen LogP contribution is 2.35. The van der Waals surface area contributed by atoms with E-state index in [2.05, 4.69) is 47.1 Å². The molecular weight excluding hydrogens is 286 g/mol. The molecule has 0 spiro atoms. The van der Waals surface area contributed by atoms with Gasteiger partial charge in [0, 0.05) is 56.1 Å². The number of anilines is 1. The first-order valence-corrected chi connectivity index (χ1v) is 9.14. The van der Waals surface area contributed by atoms with E-state index >= 15 is 0 Å². The Morgan fingerprint density at radius 2 is 1.96 bits per heavy atom. The number of aromatic nitrogens is 2. The molecule has 0 radical (unpaired) electrons. The third kappa shape index (κ3) is 4.42. The minimum absolute atomic E-state index is 0.618. The van der Waals surface area contributed by atoms with Crippen molar-refractivity contribution < 1.29 is 0 Å². The number of likely N-dealkylation sites (N-methyl/N-ethyl adjacent to an activating group) is 1. The van der Waals surface area contributed by atoms with Gasteiger partial charge >= 0.3 is 0 Å². The highest BCUT2D eigenvalue weighted by molar-refractivity contribution is 5.29. The number of piperazine rings is 1. The lowest BCUT2D eigenvalue weighted by Crippen LogP contribution is -2.48. The molecule has 2 aliphatic rings. The van der Waals surface area contributed by atoms with Gasteiger partial charge < -0.3 is 10.2 Å². The van der Waals surface area contributed by atoms with Crippen molar-refractivity contribution in [3.63, 3.8) is 0 Å². The summed E-state index contributed by atoms with van der Waals surface area (Å²) in [6, 6.07) is 2.77. The minimum Gasteiger partial charge on any atom is -0.354 e. The van der Waals surface area contributed by atoms with Gasteiger partial charge in [-0.25, -0.2) is 9.97 Å². The van der Waals surface area contributed by atoms with Crippen LogP contribution in [0.25, 0.3) is 0 Å². The fourth-order valence-corrected chi connectivity index (χ4v) is 3.42. The van der Waals surface area contributed by atoms with Crippen LogP contribution < -0.4 is 5.32 Å². The van der Waals surface area contributed by atoms with Crippen molar-refractivity contribution in [1.29, 1.82) is 0 Å². The van der Waals surface area contributed by atoms with Gasteiger partial charge in [0.1, 0.15) is 0 Å². The second-order valence-electron chi connectivity index (χ2n) is 7.29. The number of aryl methyl sites for hydroxylation is 1. The Balaban J connectivity index is 1.47. The monoisotopic (exact) mass is 317 g/mol. The molecule has 23 heavy (non-hydrogen) atoms. The predicted molar refractivity (Wildman–Crippen MR) is 95.0 cm³/mol. The molecule has 2 fully saturated rings. The van der Waals surface area contributed by atoms with Crippen LogP contribution in [-0.2, 0) is 0 Å². The first-order valence-electron chi connectivity index (χ1n) is 9.14. The van der Waals surface area contributed by atoms with E-state index in [1.165, 1.54) is 51.1 Å². The zero-order valence-electron chi connectivity index (χ0n) is 14.9. The lowest BCUT2D eigenvalue weighted by Gasteiger charge is -2.36. The Kier molecular flexibility index (Phi) is 5.49. The van der Waals surface area contributed by atoms with Gasteiger partial charge in [-0.1, -0.05) is 6.42 Å². The van der Waals surface area contributed by atoms with Crippen LogP contribution in [-0.4, -0.2) is 65.6 Å². The molecule has 1 aromatic heterocycles. The predicted octanol–water partition coefficient (Wildman–Crippen LogP) is 2.49. The number of nitrogens with zero attached hydrogens (tertiary/aromatic N) is 4. The van der Waals surface area contributed by atoms with Gasteiger partial charge in [0.2, 0.25) is 5.95 Å². The van der Waals surface area contributed by atoms with Crippen LogP contribution in [0.1, 0.15) is 49.9 Å². The molecule has 1 saturated carbocycles.